The van der Waals surface area contributed by atoms with Gasteiger partial charge < -0.3 is 9.47 Å². The average Bonchev–Trinajstić information content (AvgIpc) is 2.86. The van der Waals surface area contributed by atoms with Crippen molar-refractivity contribution in [2.24, 2.45) is 0 Å². The number of alkyl halides is 3. The second kappa shape index (κ2) is 6.22. The number of halogens is 4. The van der Waals surface area contributed by atoms with Gasteiger partial charge in [0, 0.05) is 0 Å². The third-order valence-corrected chi connectivity index (χ3v) is 2.77. The van der Waals surface area contributed by atoms with Crippen molar-refractivity contribution in [3.63, 3.8) is 0 Å². The number of H-pyrrole nitrogens is 1. The van der Waals surface area contributed by atoms with E-state index >= 15 is 0 Å². The van der Waals surface area contributed by atoms with E-state index in [-0.39, 0.29) is 28.6 Å². The van der Waals surface area contributed by atoms with Gasteiger partial charge in [0.05, 0.1) is 17.2 Å². The number of aromatic nitrogens is 3. The highest BCUT2D eigenvalue weighted by atomic mass is 35.5. The number of carbonyl (C=O) groups is 1. The van der Waals surface area contributed by atoms with Crippen molar-refractivity contribution < 1.29 is 27.4 Å². The molecule has 0 bridgehead atoms. The number of carbonyl (C=O) groups excluding carboxylic acids is 1. The Bertz CT molecular complexity index is 688. The summed E-state index contributed by atoms with van der Waals surface area (Å²) in [4.78, 5) is 11.8. The number of ether oxygens (including phenoxy) is 2. The second-order valence-corrected chi connectivity index (χ2v) is 4.31. The maximum Gasteiger partial charge on any atom is 0.573 e. The van der Waals surface area contributed by atoms with Crippen LogP contribution < -0.4 is 4.74 Å². The summed E-state index contributed by atoms with van der Waals surface area (Å²) in [7, 11) is 0. The topological polar surface area (TPSA) is 77.1 Å². The van der Waals surface area contributed by atoms with Crippen LogP contribution in [0, 0.1) is 0 Å². The van der Waals surface area contributed by atoms with E-state index in [1.165, 1.54) is 12.1 Å². The first kappa shape index (κ1) is 16.1. The molecule has 0 aliphatic carbocycles. The molecule has 0 aliphatic rings. The Balaban J connectivity index is 2.54. The molecule has 0 fully saturated rings. The lowest BCUT2D eigenvalue weighted by molar-refractivity contribution is -0.274. The number of hydrogen-bond acceptors (Lipinski definition) is 5. The van der Waals surface area contributed by atoms with Gasteiger partial charge in [0.2, 0.25) is 0 Å². The summed E-state index contributed by atoms with van der Waals surface area (Å²) in [6, 6.07) is 3.67. The van der Waals surface area contributed by atoms with Crippen molar-refractivity contribution in [2.75, 3.05) is 6.61 Å². The minimum absolute atomic E-state index is 0.0690. The van der Waals surface area contributed by atoms with Crippen LogP contribution in [0.5, 0.6) is 5.75 Å². The van der Waals surface area contributed by atoms with Crippen molar-refractivity contribution in [1.29, 1.82) is 0 Å². The number of hydrogen-bond donors (Lipinski definition) is 1. The summed E-state index contributed by atoms with van der Waals surface area (Å²) in [5.74, 6) is -1.44. The first-order valence-corrected chi connectivity index (χ1v) is 6.33. The van der Waals surface area contributed by atoms with Gasteiger partial charge >= 0.3 is 12.3 Å². The Labute approximate surface area is 127 Å². The molecule has 1 heterocycles. The van der Waals surface area contributed by atoms with E-state index in [2.05, 4.69) is 20.1 Å². The van der Waals surface area contributed by atoms with Crippen LogP contribution >= 0.6 is 11.6 Å². The van der Waals surface area contributed by atoms with Crippen molar-refractivity contribution in [2.45, 2.75) is 13.3 Å². The van der Waals surface area contributed by atoms with Crippen LogP contribution in [0.3, 0.4) is 0 Å². The third kappa shape index (κ3) is 3.48. The van der Waals surface area contributed by atoms with Crippen LogP contribution in [0.4, 0.5) is 13.2 Å². The number of benzene rings is 1. The molecule has 0 unspecified atom stereocenters. The fourth-order valence-corrected chi connectivity index (χ4v) is 1.95. The SMILES string of the molecule is CCOC(=O)c1n[nH]nc1-c1c(Cl)cccc1OC(F)(F)F. The van der Waals surface area contributed by atoms with Crippen LogP contribution in [0.2, 0.25) is 5.02 Å². The summed E-state index contributed by atoms with van der Waals surface area (Å²) < 4.78 is 46.1. The van der Waals surface area contributed by atoms with Crippen molar-refractivity contribution in [1.82, 2.24) is 15.4 Å². The van der Waals surface area contributed by atoms with Crippen LogP contribution in [-0.2, 0) is 4.74 Å². The molecule has 1 aromatic carbocycles. The monoisotopic (exact) mass is 335 g/mol. The minimum Gasteiger partial charge on any atom is -0.461 e. The second-order valence-electron chi connectivity index (χ2n) is 3.90. The van der Waals surface area contributed by atoms with E-state index in [1.807, 2.05) is 0 Å². The number of nitrogens with one attached hydrogen (secondary N) is 1. The number of rotatable bonds is 4. The van der Waals surface area contributed by atoms with Gasteiger partial charge in [-0.15, -0.1) is 18.3 Å². The quantitative estimate of drug-likeness (QED) is 0.868. The molecule has 0 radical (unpaired) electrons. The molecular weight excluding hydrogens is 327 g/mol. The fourth-order valence-electron chi connectivity index (χ4n) is 1.69. The predicted molar refractivity (Wildman–Crippen MR) is 69.5 cm³/mol. The van der Waals surface area contributed by atoms with Gasteiger partial charge in [0.15, 0.2) is 5.69 Å². The van der Waals surface area contributed by atoms with E-state index < -0.39 is 18.1 Å². The first-order chi connectivity index (χ1) is 10.3. The molecule has 0 spiro atoms. The molecule has 2 rings (SSSR count). The zero-order valence-electron chi connectivity index (χ0n) is 11.1. The van der Waals surface area contributed by atoms with Gasteiger partial charge in [-0.3, -0.25) is 0 Å². The predicted octanol–water partition coefficient (Wildman–Crippen LogP) is 3.20. The van der Waals surface area contributed by atoms with Gasteiger partial charge in [0.1, 0.15) is 11.4 Å². The Kier molecular flexibility index (Phi) is 4.55. The summed E-state index contributed by atoms with van der Waals surface area (Å²) in [5, 5.41) is 9.33. The fraction of sp³-hybridized carbons (Fsp3) is 0.250. The average molecular weight is 336 g/mol. The summed E-state index contributed by atoms with van der Waals surface area (Å²) in [6.07, 6.45) is -4.92. The number of esters is 1. The van der Waals surface area contributed by atoms with E-state index in [9.17, 15) is 18.0 Å². The van der Waals surface area contributed by atoms with Crippen LogP contribution in [-0.4, -0.2) is 34.3 Å². The highest BCUT2D eigenvalue weighted by Gasteiger charge is 2.34. The zero-order valence-corrected chi connectivity index (χ0v) is 11.8. The van der Waals surface area contributed by atoms with E-state index in [1.54, 1.807) is 6.92 Å². The Hall–Kier alpha value is -2.29. The number of aromatic amines is 1. The zero-order chi connectivity index (χ0) is 16.3. The highest BCUT2D eigenvalue weighted by molar-refractivity contribution is 6.33. The molecule has 2 aromatic rings. The molecule has 22 heavy (non-hydrogen) atoms. The lowest BCUT2D eigenvalue weighted by atomic mass is 10.1. The van der Waals surface area contributed by atoms with Crippen molar-refractivity contribution in [3.05, 3.63) is 28.9 Å². The Morgan fingerprint density at radius 2 is 2.09 bits per heavy atom. The molecule has 1 N–H and O–H groups in total. The molecule has 0 saturated heterocycles. The molecule has 0 amide bonds. The summed E-state index contributed by atoms with van der Waals surface area (Å²) in [5.41, 5.74) is -0.691. The normalized spacial score (nSPS) is 11.3. The lowest BCUT2D eigenvalue weighted by Crippen LogP contribution is -2.18. The number of nitrogens with zero attached hydrogens (tertiary/aromatic N) is 2. The van der Waals surface area contributed by atoms with Gasteiger partial charge in [0.25, 0.3) is 0 Å². The van der Waals surface area contributed by atoms with E-state index in [4.69, 9.17) is 16.3 Å². The molecular formula is C12H9ClF3N3O3. The first-order valence-electron chi connectivity index (χ1n) is 5.96. The molecule has 118 valence electrons. The molecule has 10 heteroatoms. The third-order valence-electron chi connectivity index (χ3n) is 2.45. The van der Waals surface area contributed by atoms with E-state index in [0.717, 1.165) is 6.07 Å². The standard InChI is InChI=1S/C12H9ClF3N3O3/c1-2-21-11(20)10-9(17-19-18-10)8-6(13)4-3-5-7(8)22-12(14,15)16/h3-5H,2H2,1H3,(H,17,18,19). The van der Waals surface area contributed by atoms with Gasteiger partial charge in [-0.2, -0.15) is 10.3 Å². The highest BCUT2D eigenvalue weighted by Crippen LogP contribution is 2.39. The molecule has 0 atom stereocenters. The lowest BCUT2D eigenvalue weighted by Gasteiger charge is -2.13. The summed E-state index contributed by atoms with van der Waals surface area (Å²) >= 11 is 5.92. The van der Waals surface area contributed by atoms with Gasteiger partial charge in [-0.25, -0.2) is 4.79 Å². The maximum atomic E-state index is 12.5. The molecule has 1 aromatic heterocycles. The van der Waals surface area contributed by atoms with Gasteiger partial charge in [-0.1, -0.05) is 17.7 Å². The Morgan fingerprint density at radius 1 is 1.36 bits per heavy atom. The molecule has 0 aliphatic heterocycles. The smallest absolute Gasteiger partial charge is 0.461 e. The maximum absolute atomic E-state index is 12.5. The van der Waals surface area contributed by atoms with Crippen molar-refractivity contribution >= 4 is 17.6 Å². The molecule has 6 nitrogen and oxygen atoms in total. The summed E-state index contributed by atoms with van der Waals surface area (Å²) in [6.45, 7) is 1.64. The van der Waals surface area contributed by atoms with Crippen molar-refractivity contribution in [3.8, 4) is 17.0 Å². The van der Waals surface area contributed by atoms with Crippen LogP contribution in [0.1, 0.15) is 17.4 Å². The van der Waals surface area contributed by atoms with Crippen LogP contribution in [0.15, 0.2) is 18.2 Å². The minimum atomic E-state index is -4.92. The van der Waals surface area contributed by atoms with Gasteiger partial charge in [-0.05, 0) is 19.1 Å². The van der Waals surface area contributed by atoms with E-state index in [0.29, 0.717) is 0 Å². The van der Waals surface area contributed by atoms with Crippen LogP contribution in [0.25, 0.3) is 11.3 Å². The Morgan fingerprint density at radius 3 is 2.73 bits per heavy atom. The largest absolute Gasteiger partial charge is 0.573 e. The molecule has 0 saturated carbocycles.